The van der Waals surface area contributed by atoms with E-state index in [1.54, 1.807) is 17.8 Å². The van der Waals surface area contributed by atoms with Crippen molar-refractivity contribution in [2.75, 3.05) is 18.5 Å². The number of thioether (sulfide) groups is 1. The molecule has 138 valence electrons. The molecule has 8 heteroatoms. The van der Waals surface area contributed by atoms with Crippen LogP contribution < -0.4 is 14.8 Å². The van der Waals surface area contributed by atoms with E-state index in [-0.39, 0.29) is 5.91 Å². The molecule has 0 radical (unpaired) electrons. The summed E-state index contributed by atoms with van der Waals surface area (Å²) < 4.78 is 11.3. The van der Waals surface area contributed by atoms with Crippen molar-refractivity contribution >= 4 is 23.4 Å². The molecular formula is C19H18N4O3S. The van der Waals surface area contributed by atoms with E-state index in [9.17, 15) is 4.79 Å². The SMILES string of the molecule is O=C(Nc1ccc2c(c1)OCCCO2)c1ccc(CSc2ncn[nH]2)cc1. The summed E-state index contributed by atoms with van der Waals surface area (Å²) in [5, 5.41) is 10.3. The van der Waals surface area contributed by atoms with Crippen LogP contribution in [0.4, 0.5) is 5.69 Å². The second kappa shape index (κ2) is 8.13. The standard InChI is InChI=1S/C19H18N4O3S/c24-18(22-15-6-7-16-17(10-15)26-9-1-8-25-16)14-4-2-13(3-5-14)11-27-19-20-12-21-23-19/h2-7,10,12H,1,8-9,11H2,(H,22,24)(H,20,21,23). The number of nitrogens with one attached hydrogen (secondary N) is 2. The zero-order valence-electron chi connectivity index (χ0n) is 14.5. The Hall–Kier alpha value is -3.00. The van der Waals surface area contributed by atoms with Crippen LogP contribution in [0.15, 0.2) is 53.9 Å². The lowest BCUT2D eigenvalue weighted by atomic mass is 10.1. The van der Waals surface area contributed by atoms with Crippen LogP contribution in [-0.2, 0) is 5.75 Å². The smallest absolute Gasteiger partial charge is 0.255 e. The number of anilines is 1. The molecule has 0 bridgehead atoms. The molecule has 1 amide bonds. The summed E-state index contributed by atoms with van der Waals surface area (Å²) in [5.74, 6) is 1.95. The van der Waals surface area contributed by atoms with E-state index in [4.69, 9.17) is 9.47 Å². The number of carbonyl (C=O) groups is 1. The Bertz CT molecular complexity index is 913. The molecule has 0 fully saturated rings. The van der Waals surface area contributed by atoms with Crippen molar-refractivity contribution in [3.63, 3.8) is 0 Å². The number of hydrogen-bond acceptors (Lipinski definition) is 6. The van der Waals surface area contributed by atoms with Gasteiger partial charge in [-0.05, 0) is 29.8 Å². The highest BCUT2D eigenvalue weighted by atomic mass is 32.2. The molecule has 0 unspecified atom stereocenters. The van der Waals surface area contributed by atoms with Crippen molar-refractivity contribution in [2.45, 2.75) is 17.3 Å². The van der Waals surface area contributed by atoms with Gasteiger partial charge in [0.25, 0.3) is 5.91 Å². The monoisotopic (exact) mass is 382 g/mol. The molecule has 1 aliphatic heterocycles. The molecule has 4 rings (SSSR count). The van der Waals surface area contributed by atoms with Crippen LogP contribution in [0, 0.1) is 0 Å². The van der Waals surface area contributed by atoms with Gasteiger partial charge in [0.05, 0.1) is 13.2 Å². The van der Waals surface area contributed by atoms with Gasteiger partial charge in [0.1, 0.15) is 6.33 Å². The van der Waals surface area contributed by atoms with E-state index in [1.165, 1.54) is 6.33 Å². The summed E-state index contributed by atoms with van der Waals surface area (Å²) in [6.07, 6.45) is 2.33. The van der Waals surface area contributed by atoms with E-state index in [0.717, 1.165) is 22.9 Å². The lowest BCUT2D eigenvalue weighted by molar-refractivity contribution is 0.102. The molecular weight excluding hydrogens is 364 g/mol. The molecule has 2 aromatic carbocycles. The summed E-state index contributed by atoms with van der Waals surface area (Å²) in [5.41, 5.74) is 2.37. The topological polar surface area (TPSA) is 89.1 Å². The minimum absolute atomic E-state index is 0.168. The first-order valence-electron chi connectivity index (χ1n) is 8.56. The third-order valence-corrected chi connectivity index (χ3v) is 4.94. The maximum absolute atomic E-state index is 12.5. The number of benzene rings is 2. The van der Waals surface area contributed by atoms with Gasteiger partial charge in [0.15, 0.2) is 16.7 Å². The number of fused-ring (bicyclic) bond motifs is 1. The van der Waals surface area contributed by atoms with Crippen LogP contribution in [0.25, 0.3) is 0 Å². The summed E-state index contributed by atoms with van der Waals surface area (Å²) in [6, 6.07) is 12.9. The zero-order valence-corrected chi connectivity index (χ0v) is 15.3. The number of nitrogens with zero attached hydrogens (tertiary/aromatic N) is 2. The van der Waals surface area contributed by atoms with Gasteiger partial charge in [-0.1, -0.05) is 23.9 Å². The average molecular weight is 382 g/mol. The second-order valence-corrected chi connectivity index (χ2v) is 6.91. The van der Waals surface area contributed by atoms with E-state index >= 15 is 0 Å². The highest BCUT2D eigenvalue weighted by molar-refractivity contribution is 7.98. The van der Waals surface area contributed by atoms with Gasteiger partial charge >= 0.3 is 0 Å². The van der Waals surface area contributed by atoms with Gasteiger partial charge in [0.2, 0.25) is 0 Å². The Morgan fingerprint density at radius 1 is 1.11 bits per heavy atom. The second-order valence-electron chi connectivity index (χ2n) is 5.94. The molecule has 1 aromatic heterocycles. The largest absolute Gasteiger partial charge is 0.490 e. The first kappa shape index (κ1) is 17.4. The normalized spacial score (nSPS) is 13.0. The summed E-state index contributed by atoms with van der Waals surface area (Å²) >= 11 is 1.56. The van der Waals surface area contributed by atoms with Crippen molar-refractivity contribution in [3.8, 4) is 11.5 Å². The van der Waals surface area contributed by atoms with Crippen LogP contribution in [0.3, 0.4) is 0 Å². The van der Waals surface area contributed by atoms with Crippen molar-refractivity contribution in [3.05, 3.63) is 59.9 Å². The highest BCUT2D eigenvalue weighted by Crippen LogP contribution is 2.32. The maximum atomic E-state index is 12.5. The Labute approximate surface area is 160 Å². The van der Waals surface area contributed by atoms with E-state index in [1.807, 2.05) is 36.4 Å². The summed E-state index contributed by atoms with van der Waals surface area (Å²) in [7, 11) is 0. The number of amides is 1. The van der Waals surface area contributed by atoms with Gasteiger partial charge in [0, 0.05) is 29.5 Å². The first-order chi connectivity index (χ1) is 13.3. The Morgan fingerprint density at radius 3 is 2.70 bits per heavy atom. The number of H-pyrrole nitrogens is 1. The van der Waals surface area contributed by atoms with E-state index in [2.05, 4.69) is 20.5 Å². The molecule has 2 heterocycles. The molecule has 2 N–H and O–H groups in total. The van der Waals surface area contributed by atoms with Crippen LogP contribution in [0.5, 0.6) is 11.5 Å². The number of ether oxygens (including phenoxy) is 2. The number of carbonyl (C=O) groups excluding carboxylic acids is 1. The van der Waals surface area contributed by atoms with Crippen molar-refractivity contribution in [1.82, 2.24) is 15.2 Å². The van der Waals surface area contributed by atoms with Crippen LogP contribution in [0.2, 0.25) is 0 Å². The fourth-order valence-corrected chi connectivity index (χ4v) is 3.35. The summed E-state index contributed by atoms with van der Waals surface area (Å²) in [6.45, 7) is 1.25. The van der Waals surface area contributed by atoms with Crippen LogP contribution in [0.1, 0.15) is 22.3 Å². The number of hydrogen-bond donors (Lipinski definition) is 2. The Kier molecular flexibility index (Phi) is 5.24. The fraction of sp³-hybridized carbons (Fsp3) is 0.211. The van der Waals surface area contributed by atoms with Crippen molar-refractivity contribution < 1.29 is 14.3 Å². The minimum atomic E-state index is -0.168. The van der Waals surface area contributed by atoms with Gasteiger partial charge in [-0.15, -0.1) is 0 Å². The first-order valence-corrected chi connectivity index (χ1v) is 9.54. The molecule has 0 saturated heterocycles. The lowest BCUT2D eigenvalue weighted by Gasteiger charge is -2.10. The quantitative estimate of drug-likeness (QED) is 0.657. The molecule has 0 saturated carbocycles. The third-order valence-electron chi connectivity index (χ3n) is 3.99. The molecule has 0 spiro atoms. The van der Waals surface area contributed by atoms with E-state index in [0.29, 0.717) is 36.0 Å². The third kappa shape index (κ3) is 4.40. The molecule has 27 heavy (non-hydrogen) atoms. The molecule has 0 atom stereocenters. The Morgan fingerprint density at radius 2 is 1.93 bits per heavy atom. The predicted octanol–water partition coefficient (Wildman–Crippen LogP) is 3.51. The molecule has 1 aliphatic rings. The van der Waals surface area contributed by atoms with Gasteiger partial charge < -0.3 is 14.8 Å². The van der Waals surface area contributed by atoms with Gasteiger partial charge in [-0.25, -0.2) is 4.98 Å². The maximum Gasteiger partial charge on any atom is 0.255 e. The Balaban J connectivity index is 1.38. The zero-order chi connectivity index (χ0) is 18.5. The molecule has 7 nitrogen and oxygen atoms in total. The van der Waals surface area contributed by atoms with Gasteiger partial charge in [-0.2, -0.15) is 5.10 Å². The van der Waals surface area contributed by atoms with Crippen molar-refractivity contribution in [2.24, 2.45) is 0 Å². The van der Waals surface area contributed by atoms with Crippen LogP contribution >= 0.6 is 11.8 Å². The van der Waals surface area contributed by atoms with Crippen molar-refractivity contribution in [1.29, 1.82) is 0 Å². The molecule has 3 aromatic rings. The average Bonchev–Trinajstić information content (AvgIpc) is 3.11. The lowest BCUT2D eigenvalue weighted by Crippen LogP contribution is -2.12. The number of aromatic nitrogens is 3. The van der Waals surface area contributed by atoms with Gasteiger partial charge in [-0.3, -0.25) is 9.89 Å². The summed E-state index contributed by atoms with van der Waals surface area (Å²) in [4.78, 5) is 16.6. The van der Waals surface area contributed by atoms with Crippen LogP contribution in [-0.4, -0.2) is 34.3 Å². The minimum Gasteiger partial charge on any atom is -0.490 e. The number of aromatic amines is 1. The van der Waals surface area contributed by atoms with E-state index < -0.39 is 0 Å². The number of rotatable bonds is 5. The fourth-order valence-electron chi connectivity index (χ4n) is 2.61. The molecule has 0 aliphatic carbocycles. The predicted molar refractivity (Wildman–Crippen MR) is 102 cm³/mol. The highest BCUT2D eigenvalue weighted by Gasteiger charge is 2.12.